The first-order valence-corrected chi connectivity index (χ1v) is 7.91. The summed E-state index contributed by atoms with van der Waals surface area (Å²) in [6, 6.07) is 13.9. The summed E-state index contributed by atoms with van der Waals surface area (Å²) in [5, 5.41) is 13.4. The third kappa shape index (κ3) is 5.41. The molecule has 6 heteroatoms. The normalized spacial score (nSPS) is 11.1. The Balaban J connectivity index is 1.92. The van der Waals surface area contributed by atoms with Gasteiger partial charge in [0.25, 0.3) is 5.91 Å². The molecule has 2 N–H and O–H groups in total. The van der Waals surface area contributed by atoms with E-state index in [1.54, 1.807) is 36.4 Å². The number of rotatable bonds is 6. The summed E-state index contributed by atoms with van der Waals surface area (Å²) in [6.45, 7) is 1.82. The van der Waals surface area contributed by atoms with Crippen molar-refractivity contribution in [2.24, 2.45) is 5.10 Å². The highest BCUT2D eigenvalue weighted by atomic mass is 79.9. The summed E-state index contributed by atoms with van der Waals surface area (Å²) in [7, 11) is 0. The maximum Gasteiger partial charge on any atom is 0.277 e. The first kappa shape index (κ1) is 17.0. The van der Waals surface area contributed by atoms with Crippen LogP contribution in [-0.4, -0.2) is 23.3 Å². The number of ether oxygens (including phenoxy) is 1. The Bertz CT molecular complexity index is 699. The molecule has 0 fully saturated rings. The molecule has 0 radical (unpaired) electrons. The zero-order valence-electron chi connectivity index (χ0n) is 12.6. The van der Waals surface area contributed by atoms with E-state index >= 15 is 0 Å². The van der Waals surface area contributed by atoms with Crippen LogP contribution in [0.3, 0.4) is 0 Å². The SMILES string of the molecule is CC/C(=N\NC(=O)COc1cccc(Br)c1)c1ccc(O)cc1. The first-order chi connectivity index (χ1) is 11.1. The molecule has 0 saturated heterocycles. The molecule has 2 rings (SSSR count). The number of hydrogen-bond donors (Lipinski definition) is 2. The van der Waals surface area contributed by atoms with Crippen molar-refractivity contribution >= 4 is 27.5 Å². The Labute approximate surface area is 143 Å². The number of nitrogens with one attached hydrogen (secondary N) is 1. The number of hydrazone groups is 1. The molecule has 0 bridgehead atoms. The highest BCUT2D eigenvalue weighted by Crippen LogP contribution is 2.17. The van der Waals surface area contributed by atoms with Gasteiger partial charge < -0.3 is 9.84 Å². The highest BCUT2D eigenvalue weighted by Gasteiger charge is 2.05. The van der Waals surface area contributed by atoms with E-state index in [1.807, 2.05) is 19.1 Å². The van der Waals surface area contributed by atoms with Crippen LogP contribution in [0.25, 0.3) is 0 Å². The minimum Gasteiger partial charge on any atom is -0.508 e. The van der Waals surface area contributed by atoms with Crippen LogP contribution >= 0.6 is 15.9 Å². The van der Waals surface area contributed by atoms with Gasteiger partial charge in [-0.1, -0.05) is 28.9 Å². The van der Waals surface area contributed by atoms with Gasteiger partial charge in [-0.3, -0.25) is 4.79 Å². The fraction of sp³-hybridized carbons (Fsp3) is 0.176. The molecular formula is C17H17BrN2O3. The second kappa shape index (κ2) is 8.33. The van der Waals surface area contributed by atoms with E-state index < -0.39 is 0 Å². The van der Waals surface area contributed by atoms with E-state index in [-0.39, 0.29) is 18.3 Å². The van der Waals surface area contributed by atoms with Crippen LogP contribution in [0.1, 0.15) is 18.9 Å². The molecule has 0 heterocycles. The van der Waals surface area contributed by atoms with Crippen molar-refractivity contribution in [2.75, 3.05) is 6.61 Å². The fourth-order valence-corrected chi connectivity index (χ4v) is 2.25. The lowest BCUT2D eigenvalue weighted by molar-refractivity contribution is -0.123. The lowest BCUT2D eigenvalue weighted by Crippen LogP contribution is -2.26. The molecule has 2 aromatic rings. The fourth-order valence-electron chi connectivity index (χ4n) is 1.87. The van der Waals surface area contributed by atoms with Crippen molar-refractivity contribution in [3.8, 4) is 11.5 Å². The third-order valence-corrected chi connectivity index (χ3v) is 3.51. The van der Waals surface area contributed by atoms with Crippen LogP contribution < -0.4 is 10.2 Å². The van der Waals surface area contributed by atoms with E-state index in [1.165, 1.54) is 0 Å². The number of benzene rings is 2. The van der Waals surface area contributed by atoms with E-state index in [4.69, 9.17) is 4.74 Å². The number of halogens is 1. The predicted octanol–water partition coefficient (Wildman–Crippen LogP) is 3.46. The topological polar surface area (TPSA) is 70.9 Å². The van der Waals surface area contributed by atoms with Gasteiger partial charge in [0, 0.05) is 4.47 Å². The van der Waals surface area contributed by atoms with E-state index in [0.29, 0.717) is 12.2 Å². The zero-order valence-corrected chi connectivity index (χ0v) is 14.2. The molecule has 0 spiro atoms. The molecular weight excluding hydrogens is 360 g/mol. The standard InChI is InChI=1S/C17H17BrN2O3/c1-2-16(12-6-8-14(21)9-7-12)19-20-17(22)11-23-15-5-3-4-13(18)10-15/h3-10,21H,2,11H2,1H3,(H,20,22)/b19-16+. The predicted molar refractivity (Wildman–Crippen MR) is 92.7 cm³/mol. The summed E-state index contributed by atoms with van der Waals surface area (Å²) in [5.41, 5.74) is 4.05. The number of phenols is 1. The van der Waals surface area contributed by atoms with E-state index in [9.17, 15) is 9.90 Å². The van der Waals surface area contributed by atoms with E-state index in [0.717, 1.165) is 15.7 Å². The molecule has 23 heavy (non-hydrogen) atoms. The second-order valence-corrected chi connectivity index (χ2v) is 5.66. The minimum atomic E-state index is -0.338. The maximum atomic E-state index is 11.8. The van der Waals surface area contributed by atoms with Gasteiger partial charge in [-0.15, -0.1) is 0 Å². The first-order valence-electron chi connectivity index (χ1n) is 7.11. The van der Waals surface area contributed by atoms with Crippen molar-refractivity contribution in [3.05, 3.63) is 58.6 Å². The Morgan fingerprint density at radius 1 is 1.26 bits per heavy atom. The van der Waals surface area contributed by atoms with Crippen molar-refractivity contribution in [1.82, 2.24) is 5.43 Å². The highest BCUT2D eigenvalue weighted by molar-refractivity contribution is 9.10. The number of hydrogen-bond acceptors (Lipinski definition) is 4. The van der Waals surface area contributed by atoms with Gasteiger partial charge in [0.05, 0.1) is 5.71 Å². The largest absolute Gasteiger partial charge is 0.508 e. The van der Waals surface area contributed by atoms with Crippen molar-refractivity contribution in [1.29, 1.82) is 0 Å². The number of carbonyl (C=O) groups is 1. The number of nitrogens with zero attached hydrogens (tertiary/aromatic N) is 1. The maximum absolute atomic E-state index is 11.8. The quantitative estimate of drug-likeness (QED) is 0.598. The average Bonchev–Trinajstić information content (AvgIpc) is 2.55. The second-order valence-electron chi connectivity index (χ2n) is 4.74. The molecule has 0 aliphatic heterocycles. The molecule has 0 atom stereocenters. The van der Waals surface area contributed by atoms with Crippen LogP contribution in [0, 0.1) is 0 Å². The van der Waals surface area contributed by atoms with Gasteiger partial charge in [-0.05, 0) is 54.4 Å². The minimum absolute atomic E-state index is 0.119. The average molecular weight is 377 g/mol. The lowest BCUT2D eigenvalue weighted by atomic mass is 10.1. The Morgan fingerprint density at radius 3 is 2.65 bits per heavy atom. The van der Waals surface area contributed by atoms with Crippen molar-refractivity contribution < 1.29 is 14.6 Å². The zero-order chi connectivity index (χ0) is 16.7. The van der Waals surface area contributed by atoms with Crippen LogP contribution in [-0.2, 0) is 4.79 Å². The Kier molecular flexibility index (Phi) is 6.17. The molecule has 2 aromatic carbocycles. The number of phenolic OH excluding ortho intramolecular Hbond substituents is 1. The number of carbonyl (C=O) groups excluding carboxylic acids is 1. The molecule has 5 nitrogen and oxygen atoms in total. The summed E-state index contributed by atoms with van der Waals surface area (Å²) in [5.74, 6) is 0.457. The molecule has 0 aliphatic carbocycles. The molecule has 120 valence electrons. The van der Waals surface area contributed by atoms with Crippen molar-refractivity contribution in [3.63, 3.8) is 0 Å². The van der Waals surface area contributed by atoms with Crippen LogP contribution in [0.2, 0.25) is 0 Å². The number of amides is 1. The van der Waals surface area contributed by atoms with Gasteiger partial charge in [-0.25, -0.2) is 5.43 Å². The van der Waals surface area contributed by atoms with Crippen LogP contribution in [0.15, 0.2) is 58.1 Å². The number of aromatic hydroxyl groups is 1. The van der Waals surface area contributed by atoms with Gasteiger partial charge in [0.1, 0.15) is 11.5 Å². The summed E-state index contributed by atoms with van der Waals surface area (Å²) < 4.78 is 6.27. The molecule has 1 amide bonds. The van der Waals surface area contributed by atoms with Gasteiger partial charge in [0.15, 0.2) is 6.61 Å². The molecule has 0 unspecified atom stereocenters. The van der Waals surface area contributed by atoms with Crippen molar-refractivity contribution in [2.45, 2.75) is 13.3 Å². The van der Waals surface area contributed by atoms with Gasteiger partial charge >= 0.3 is 0 Å². The Hall–Kier alpha value is -2.34. The molecule has 0 aliphatic rings. The summed E-state index contributed by atoms with van der Waals surface area (Å²) in [6.07, 6.45) is 0.650. The molecule has 0 saturated carbocycles. The monoisotopic (exact) mass is 376 g/mol. The van der Waals surface area contributed by atoms with Crippen LogP contribution in [0.5, 0.6) is 11.5 Å². The summed E-state index contributed by atoms with van der Waals surface area (Å²) >= 11 is 3.34. The third-order valence-electron chi connectivity index (χ3n) is 3.02. The Morgan fingerprint density at radius 2 is 2.00 bits per heavy atom. The molecule has 0 aromatic heterocycles. The smallest absolute Gasteiger partial charge is 0.277 e. The van der Waals surface area contributed by atoms with Gasteiger partial charge in [-0.2, -0.15) is 5.10 Å². The summed E-state index contributed by atoms with van der Waals surface area (Å²) in [4.78, 5) is 11.8. The van der Waals surface area contributed by atoms with Crippen LogP contribution in [0.4, 0.5) is 0 Å². The lowest BCUT2D eigenvalue weighted by Gasteiger charge is -2.07. The van der Waals surface area contributed by atoms with E-state index in [2.05, 4.69) is 26.5 Å². The van der Waals surface area contributed by atoms with Gasteiger partial charge in [0.2, 0.25) is 0 Å².